The third-order valence-electron chi connectivity index (χ3n) is 2.36. The van der Waals surface area contributed by atoms with Gasteiger partial charge < -0.3 is 11.1 Å². The lowest BCUT2D eigenvalue weighted by Crippen LogP contribution is -2.13. The highest BCUT2D eigenvalue weighted by Gasteiger charge is 2.11. The summed E-state index contributed by atoms with van der Waals surface area (Å²) in [6.45, 7) is 0. The fourth-order valence-electron chi connectivity index (χ4n) is 1.53. The van der Waals surface area contributed by atoms with Gasteiger partial charge in [0.25, 0.3) is 5.91 Å². The predicted molar refractivity (Wildman–Crippen MR) is 65.1 cm³/mol. The molecule has 2 rings (SSSR count). The Hall–Kier alpha value is -2.50. The van der Waals surface area contributed by atoms with E-state index in [0.717, 1.165) is 24.3 Å². The number of hydrogen-bond acceptors (Lipinski definition) is 2. The molecule has 98 valence electrons. The zero-order valence-corrected chi connectivity index (χ0v) is 9.58. The van der Waals surface area contributed by atoms with Crippen LogP contribution in [0.15, 0.2) is 36.4 Å². The van der Waals surface area contributed by atoms with Crippen molar-refractivity contribution in [3.8, 4) is 0 Å². The van der Waals surface area contributed by atoms with Gasteiger partial charge in [-0.25, -0.2) is 13.2 Å². The molecule has 19 heavy (non-hydrogen) atoms. The van der Waals surface area contributed by atoms with Gasteiger partial charge in [-0.1, -0.05) is 0 Å². The van der Waals surface area contributed by atoms with Crippen LogP contribution in [0.5, 0.6) is 0 Å². The van der Waals surface area contributed by atoms with Gasteiger partial charge in [0.15, 0.2) is 0 Å². The number of nitrogens with one attached hydrogen (secondary N) is 1. The quantitative estimate of drug-likeness (QED) is 0.821. The summed E-state index contributed by atoms with van der Waals surface area (Å²) in [7, 11) is 0. The number of carbonyl (C=O) groups is 1. The Morgan fingerprint density at radius 1 is 1.00 bits per heavy atom. The van der Waals surface area contributed by atoms with Gasteiger partial charge in [0, 0.05) is 17.3 Å². The SMILES string of the molecule is Nc1cc(F)cc(C(=O)Nc2ccc(F)cc2F)c1. The maximum Gasteiger partial charge on any atom is 0.255 e. The minimum atomic E-state index is -0.919. The molecular weight excluding hydrogens is 257 g/mol. The van der Waals surface area contributed by atoms with E-state index in [1.807, 2.05) is 0 Å². The molecule has 0 aromatic heterocycles. The van der Waals surface area contributed by atoms with Crippen molar-refractivity contribution in [2.75, 3.05) is 11.1 Å². The van der Waals surface area contributed by atoms with E-state index in [2.05, 4.69) is 5.32 Å². The van der Waals surface area contributed by atoms with Crippen molar-refractivity contribution in [2.24, 2.45) is 0 Å². The number of anilines is 2. The molecule has 2 aromatic carbocycles. The summed E-state index contributed by atoms with van der Waals surface area (Å²) in [5, 5.41) is 2.21. The van der Waals surface area contributed by atoms with Crippen molar-refractivity contribution >= 4 is 17.3 Å². The Labute approximate surface area is 106 Å². The van der Waals surface area contributed by atoms with Gasteiger partial charge in [0.2, 0.25) is 0 Å². The van der Waals surface area contributed by atoms with E-state index < -0.39 is 23.4 Å². The molecule has 0 bridgehead atoms. The number of nitrogen functional groups attached to an aromatic ring is 1. The van der Waals surface area contributed by atoms with E-state index >= 15 is 0 Å². The predicted octanol–water partition coefficient (Wildman–Crippen LogP) is 2.94. The van der Waals surface area contributed by atoms with Crippen LogP contribution in [0.25, 0.3) is 0 Å². The molecule has 6 heteroatoms. The van der Waals surface area contributed by atoms with Crippen LogP contribution in [-0.2, 0) is 0 Å². The number of nitrogens with two attached hydrogens (primary N) is 1. The number of halogens is 3. The molecule has 2 aromatic rings. The molecule has 3 nitrogen and oxygen atoms in total. The molecule has 0 aliphatic carbocycles. The largest absolute Gasteiger partial charge is 0.399 e. The summed E-state index contributed by atoms with van der Waals surface area (Å²) in [5.74, 6) is -3.09. The van der Waals surface area contributed by atoms with E-state index in [4.69, 9.17) is 5.73 Å². The highest BCUT2D eigenvalue weighted by molar-refractivity contribution is 6.04. The molecule has 0 saturated carbocycles. The molecule has 0 fully saturated rings. The second kappa shape index (κ2) is 5.01. The van der Waals surface area contributed by atoms with Crippen LogP contribution in [-0.4, -0.2) is 5.91 Å². The smallest absolute Gasteiger partial charge is 0.255 e. The van der Waals surface area contributed by atoms with Crippen molar-refractivity contribution in [3.05, 3.63) is 59.4 Å². The number of hydrogen-bond donors (Lipinski definition) is 2. The molecule has 0 aliphatic heterocycles. The van der Waals surface area contributed by atoms with Gasteiger partial charge in [-0.3, -0.25) is 4.79 Å². The van der Waals surface area contributed by atoms with Gasteiger partial charge in [0.1, 0.15) is 17.5 Å². The van der Waals surface area contributed by atoms with E-state index in [0.29, 0.717) is 6.07 Å². The Morgan fingerprint density at radius 2 is 1.74 bits per heavy atom. The minimum Gasteiger partial charge on any atom is -0.399 e. The average Bonchev–Trinajstić information content (AvgIpc) is 2.31. The first-order chi connectivity index (χ1) is 8.95. The Bertz CT molecular complexity index is 624. The second-order valence-electron chi connectivity index (χ2n) is 3.85. The van der Waals surface area contributed by atoms with Crippen molar-refractivity contribution in [3.63, 3.8) is 0 Å². The Kier molecular flexibility index (Phi) is 3.41. The highest BCUT2D eigenvalue weighted by Crippen LogP contribution is 2.17. The molecule has 3 N–H and O–H groups in total. The fourth-order valence-corrected chi connectivity index (χ4v) is 1.53. The average molecular weight is 266 g/mol. The second-order valence-corrected chi connectivity index (χ2v) is 3.85. The molecular formula is C13H9F3N2O. The van der Waals surface area contributed by atoms with Crippen LogP contribution in [0.1, 0.15) is 10.4 Å². The lowest BCUT2D eigenvalue weighted by Gasteiger charge is -2.07. The molecule has 0 saturated heterocycles. The van der Waals surface area contributed by atoms with Gasteiger partial charge in [-0.05, 0) is 30.3 Å². The number of carbonyl (C=O) groups excluding carboxylic acids is 1. The van der Waals surface area contributed by atoms with Gasteiger partial charge in [0.05, 0.1) is 5.69 Å². The lowest BCUT2D eigenvalue weighted by molar-refractivity contribution is 0.102. The zero-order valence-electron chi connectivity index (χ0n) is 9.58. The lowest BCUT2D eigenvalue weighted by atomic mass is 10.1. The summed E-state index contributed by atoms with van der Waals surface area (Å²) < 4.78 is 39.1. The molecule has 0 radical (unpaired) electrons. The van der Waals surface area contributed by atoms with Crippen molar-refractivity contribution in [2.45, 2.75) is 0 Å². The summed E-state index contributed by atoms with van der Waals surface area (Å²) in [6, 6.07) is 5.97. The van der Waals surface area contributed by atoms with E-state index in [9.17, 15) is 18.0 Å². The Morgan fingerprint density at radius 3 is 2.37 bits per heavy atom. The normalized spacial score (nSPS) is 10.3. The first-order valence-electron chi connectivity index (χ1n) is 5.28. The third-order valence-corrected chi connectivity index (χ3v) is 2.36. The van der Waals surface area contributed by atoms with Gasteiger partial charge in [-0.2, -0.15) is 0 Å². The molecule has 0 heterocycles. The standard InChI is InChI=1S/C13H9F3N2O/c14-8-1-2-12(11(16)6-8)18-13(19)7-3-9(15)5-10(17)4-7/h1-6H,17H2,(H,18,19). The number of benzene rings is 2. The molecule has 0 spiro atoms. The van der Waals surface area contributed by atoms with Crippen molar-refractivity contribution < 1.29 is 18.0 Å². The summed E-state index contributed by atoms with van der Waals surface area (Å²) in [5.41, 5.74) is 5.22. The Balaban J connectivity index is 2.25. The summed E-state index contributed by atoms with van der Waals surface area (Å²) in [6.07, 6.45) is 0. The minimum absolute atomic E-state index is 0.0544. The van der Waals surface area contributed by atoms with Crippen LogP contribution >= 0.6 is 0 Å². The number of rotatable bonds is 2. The highest BCUT2D eigenvalue weighted by atomic mass is 19.1. The summed E-state index contributed by atoms with van der Waals surface area (Å²) in [4.78, 5) is 11.8. The van der Waals surface area contributed by atoms with Gasteiger partial charge >= 0.3 is 0 Å². The van der Waals surface area contributed by atoms with E-state index in [1.54, 1.807) is 0 Å². The molecule has 0 unspecified atom stereocenters. The van der Waals surface area contributed by atoms with E-state index in [-0.39, 0.29) is 16.9 Å². The number of amides is 1. The monoisotopic (exact) mass is 266 g/mol. The van der Waals surface area contributed by atoms with Crippen LogP contribution in [0.2, 0.25) is 0 Å². The first kappa shape index (κ1) is 12.9. The fraction of sp³-hybridized carbons (Fsp3) is 0. The van der Waals surface area contributed by atoms with Crippen LogP contribution in [0.3, 0.4) is 0 Å². The van der Waals surface area contributed by atoms with Crippen molar-refractivity contribution in [1.82, 2.24) is 0 Å². The van der Waals surface area contributed by atoms with Gasteiger partial charge in [-0.15, -0.1) is 0 Å². The zero-order chi connectivity index (χ0) is 14.0. The first-order valence-corrected chi connectivity index (χ1v) is 5.28. The maximum absolute atomic E-state index is 13.3. The van der Waals surface area contributed by atoms with Crippen LogP contribution in [0, 0.1) is 17.5 Å². The van der Waals surface area contributed by atoms with E-state index in [1.165, 1.54) is 6.07 Å². The third kappa shape index (κ3) is 3.04. The van der Waals surface area contributed by atoms with Crippen molar-refractivity contribution in [1.29, 1.82) is 0 Å². The van der Waals surface area contributed by atoms with Crippen LogP contribution in [0.4, 0.5) is 24.5 Å². The molecule has 1 amide bonds. The topological polar surface area (TPSA) is 55.1 Å². The molecule has 0 atom stereocenters. The van der Waals surface area contributed by atoms with Crippen LogP contribution < -0.4 is 11.1 Å². The summed E-state index contributed by atoms with van der Waals surface area (Å²) >= 11 is 0. The maximum atomic E-state index is 13.3. The molecule has 0 aliphatic rings.